The molecular formula is C25H27N3O4. The Morgan fingerprint density at radius 2 is 1.81 bits per heavy atom. The number of aryl methyl sites for hydroxylation is 1. The Bertz CT molecular complexity index is 1210. The number of ketones is 1. The highest BCUT2D eigenvalue weighted by molar-refractivity contribution is 6.10. The van der Waals surface area contributed by atoms with E-state index < -0.39 is 11.2 Å². The van der Waals surface area contributed by atoms with Gasteiger partial charge < -0.3 is 14.6 Å². The third kappa shape index (κ3) is 4.56. The Hall–Kier alpha value is -3.48. The van der Waals surface area contributed by atoms with Crippen molar-refractivity contribution in [1.82, 2.24) is 14.9 Å². The minimum absolute atomic E-state index is 0.00732. The molecule has 1 aliphatic rings. The Kier molecular flexibility index (Phi) is 6.35. The molecule has 2 heterocycles. The smallest absolute Gasteiger partial charge is 0.240 e. The first kappa shape index (κ1) is 21.7. The standard InChI is InChI=1S/C25H27N3O4/c1-16-8-13-20-24(31)21(23(30)17-9-11-19(32-2)12-10-17)14-28(25(20)26-16)15-22(29)27-18-6-4-3-5-7-18/h8-14,18H,3-7,15H2,1-2H3,(H,27,29). The molecule has 7 heteroatoms. The van der Waals surface area contributed by atoms with E-state index in [1.54, 1.807) is 48.1 Å². The second kappa shape index (κ2) is 9.34. The number of ether oxygens (including phenoxy) is 1. The Labute approximate surface area is 186 Å². The molecule has 0 spiro atoms. The van der Waals surface area contributed by atoms with E-state index in [9.17, 15) is 14.4 Å². The van der Waals surface area contributed by atoms with Gasteiger partial charge in [-0.15, -0.1) is 0 Å². The highest BCUT2D eigenvalue weighted by atomic mass is 16.5. The molecule has 1 saturated carbocycles. The molecule has 0 radical (unpaired) electrons. The first-order chi connectivity index (χ1) is 15.5. The van der Waals surface area contributed by atoms with Gasteiger partial charge in [-0.25, -0.2) is 4.98 Å². The molecule has 0 aliphatic heterocycles. The molecule has 1 aliphatic carbocycles. The molecule has 166 valence electrons. The summed E-state index contributed by atoms with van der Waals surface area (Å²) in [6.07, 6.45) is 6.87. The highest BCUT2D eigenvalue weighted by Crippen LogP contribution is 2.19. The second-order valence-electron chi connectivity index (χ2n) is 8.28. The van der Waals surface area contributed by atoms with Gasteiger partial charge in [0.05, 0.1) is 18.1 Å². The van der Waals surface area contributed by atoms with Gasteiger partial charge in [0, 0.05) is 23.5 Å². The molecule has 1 N–H and O–H groups in total. The Balaban J connectivity index is 1.71. The van der Waals surface area contributed by atoms with Crippen molar-refractivity contribution in [3.05, 3.63) is 69.6 Å². The van der Waals surface area contributed by atoms with Crippen LogP contribution in [0, 0.1) is 6.92 Å². The predicted molar refractivity (Wildman–Crippen MR) is 122 cm³/mol. The van der Waals surface area contributed by atoms with Crippen molar-refractivity contribution < 1.29 is 14.3 Å². The first-order valence-electron chi connectivity index (χ1n) is 10.9. The first-order valence-corrected chi connectivity index (χ1v) is 10.9. The normalized spacial score (nSPS) is 14.3. The lowest BCUT2D eigenvalue weighted by atomic mass is 9.95. The van der Waals surface area contributed by atoms with Crippen LogP contribution in [0.2, 0.25) is 0 Å². The van der Waals surface area contributed by atoms with Gasteiger partial charge in [0.1, 0.15) is 17.9 Å². The van der Waals surface area contributed by atoms with E-state index in [-0.39, 0.29) is 24.1 Å². The Morgan fingerprint density at radius 3 is 2.50 bits per heavy atom. The van der Waals surface area contributed by atoms with Gasteiger partial charge in [-0.1, -0.05) is 19.3 Å². The van der Waals surface area contributed by atoms with Crippen LogP contribution < -0.4 is 15.5 Å². The van der Waals surface area contributed by atoms with E-state index in [0.29, 0.717) is 22.3 Å². The second-order valence-corrected chi connectivity index (χ2v) is 8.28. The van der Waals surface area contributed by atoms with Crippen LogP contribution in [0.5, 0.6) is 5.75 Å². The summed E-state index contributed by atoms with van der Waals surface area (Å²) in [6, 6.07) is 10.2. The van der Waals surface area contributed by atoms with Crippen LogP contribution in [-0.2, 0) is 11.3 Å². The Morgan fingerprint density at radius 1 is 1.09 bits per heavy atom. The van der Waals surface area contributed by atoms with Crippen LogP contribution >= 0.6 is 0 Å². The number of hydrogen-bond donors (Lipinski definition) is 1. The SMILES string of the molecule is COc1ccc(C(=O)c2cn(CC(=O)NC3CCCCC3)c3nc(C)ccc3c2=O)cc1. The molecule has 7 nitrogen and oxygen atoms in total. The van der Waals surface area contributed by atoms with E-state index in [4.69, 9.17) is 4.74 Å². The van der Waals surface area contributed by atoms with Crippen LogP contribution in [0.15, 0.2) is 47.4 Å². The van der Waals surface area contributed by atoms with Gasteiger partial charge in [0.15, 0.2) is 5.78 Å². The van der Waals surface area contributed by atoms with Crippen molar-refractivity contribution >= 4 is 22.7 Å². The minimum atomic E-state index is -0.401. The summed E-state index contributed by atoms with van der Waals surface area (Å²) in [4.78, 5) is 43.6. The largest absolute Gasteiger partial charge is 0.497 e. The lowest BCUT2D eigenvalue weighted by Gasteiger charge is -2.23. The number of carbonyl (C=O) groups is 2. The molecule has 1 fully saturated rings. The van der Waals surface area contributed by atoms with Crippen molar-refractivity contribution in [3.8, 4) is 5.75 Å². The zero-order valence-corrected chi connectivity index (χ0v) is 18.4. The monoisotopic (exact) mass is 433 g/mol. The van der Waals surface area contributed by atoms with Crippen LogP contribution in [0.25, 0.3) is 11.0 Å². The molecule has 32 heavy (non-hydrogen) atoms. The lowest BCUT2D eigenvalue weighted by molar-refractivity contribution is -0.122. The number of carbonyl (C=O) groups excluding carboxylic acids is 2. The predicted octanol–water partition coefficient (Wildman–Crippen LogP) is 3.39. The number of nitrogens with one attached hydrogen (secondary N) is 1. The highest BCUT2D eigenvalue weighted by Gasteiger charge is 2.20. The van der Waals surface area contributed by atoms with Crippen molar-refractivity contribution in [2.24, 2.45) is 0 Å². The van der Waals surface area contributed by atoms with Gasteiger partial charge in [-0.3, -0.25) is 14.4 Å². The van der Waals surface area contributed by atoms with Crippen LogP contribution in [0.1, 0.15) is 53.7 Å². The van der Waals surface area contributed by atoms with E-state index in [1.807, 2.05) is 6.92 Å². The third-order valence-corrected chi connectivity index (χ3v) is 5.94. The van der Waals surface area contributed by atoms with Gasteiger partial charge >= 0.3 is 0 Å². The number of rotatable bonds is 6. The summed E-state index contributed by atoms with van der Waals surface area (Å²) in [7, 11) is 1.55. The van der Waals surface area contributed by atoms with Crippen LogP contribution in [0.4, 0.5) is 0 Å². The lowest BCUT2D eigenvalue weighted by Crippen LogP contribution is -2.38. The summed E-state index contributed by atoms with van der Waals surface area (Å²) >= 11 is 0. The molecule has 0 bridgehead atoms. The number of hydrogen-bond acceptors (Lipinski definition) is 5. The maximum absolute atomic E-state index is 13.2. The molecule has 1 amide bonds. The van der Waals surface area contributed by atoms with Crippen molar-refractivity contribution in [2.45, 2.75) is 51.6 Å². The average molecular weight is 434 g/mol. The van der Waals surface area contributed by atoms with E-state index in [2.05, 4.69) is 10.3 Å². The number of aromatic nitrogens is 2. The fraction of sp³-hybridized carbons (Fsp3) is 0.360. The van der Waals surface area contributed by atoms with Gasteiger partial charge in [0.2, 0.25) is 11.3 Å². The third-order valence-electron chi connectivity index (χ3n) is 5.94. The summed E-state index contributed by atoms with van der Waals surface area (Å²) in [5.41, 5.74) is 1.13. The molecule has 2 aromatic heterocycles. The van der Waals surface area contributed by atoms with Gasteiger partial charge in [-0.2, -0.15) is 0 Å². The number of fused-ring (bicyclic) bond motifs is 1. The molecule has 1 aromatic carbocycles. The molecule has 4 rings (SSSR count). The summed E-state index contributed by atoms with van der Waals surface area (Å²) in [5, 5.41) is 3.41. The number of benzene rings is 1. The van der Waals surface area contributed by atoms with E-state index in [1.165, 1.54) is 12.6 Å². The maximum atomic E-state index is 13.2. The molecular weight excluding hydrogens is 406 g/mol. The van der Waals surface area contributed by atoms with Crippen LogP contribution in [0.3, 0.4) is 0 Å². The number of pyridine rings is 2. The fourth-order valence-electron chi connectivity index (χ4n) is 4.21. The van der Waals surface area contributed by atoms with Crippen LogP contribution in [-0.4, -0.2) is 34.4 Å². The molecule has 3 aromatic rings. The maximum Gasteiger partial charge on any atom is 0.240 e. The summed E-state index contributed by atoms with van der Waals surface area (Å²) in [5.74, 6) is 0.0751. The molecule has 0 unspecified atom stereocenters. The van der Waals surface area contributed by atoms with Gasteiger partial charge in [0.25, 0.3) is 0 Å². The van der Waals surface area contributed by atoms with E-state index in [0.717, 1.165) is 31.4 Å². The summed E-state index contributed by atoms with van der Waals surface area (Å²) < 4.78 is 6.75. The number of amides is 1. The summed E-state index contributed by atoms with van der Waals surface area (Å²) in [6.45, 7) is 1.82. The quantitative estimate of drug-likeness (QED) is 0.602. The minimum Gasteiger partial charge on any atom is -0.497 e. The number of methoxy groups -OCH3 is 1. The topological polar surface area (TPSA) is 90.3 Å². The van der Waals surface area contributed by atoms with E-state index >= 15 is 0 Å². The van der Waals surface area contributed by atoms with Crippen molar-refractivity contribution in [1.29, 1.82) is 0 Å². The number of nitrogens with zero attached hydrogens (tertiary/aromatic N) is 2. The molecule has 0 saturated heterocycles. The van der Waals surface area contributed by atoms with Crippen molar-refractivity contribution in [3.63, 3.8) is 0 Å². The van der Waals surface area contributed by atoms with Crippen molar-refractivity contribution in [2.75, 3.05) is 7.11 Å². The molecule has 0 atom stereocenters. The van der Waals surface area contributed by atoms with Gasteiger partial charge in [-0.05, 0) is 56.2 Å². The zero-order valence-electron chi connectivity index (χ0n) is 18.4. The fourth-order valence-corrected chi connectivity index (χ4v) is 4.21. The zero-order chi connectivity index (χ0) is 22.7. The average Bonchev–Trinajstić information content (AvgIpc) is 2.81.